The number of allylic oxidation sites excluding steroid dienone is 2. The lowest BCUT2D eigenvalue weighted by Gasteiger charge is -2.13. The zero-order valence-corrected chi connectivity index (χ0v) is 10.0. The zero-order valence-electron chi connectivity index (χ0n) is 10.0. The number of nitrogens with zero attached hydrogens (tertiary/aromatic N) is 2. The van der Waals surface area contributed by atoms with Crippen molar-refractivity contribution in [3.8, 4) is 6.07 Å². The molecule has 1 aliphatic carbocycles. The topological polar surface area (TPSA) is 62.2 Å². The molecule has 1 aliphatic rings. The summed E-state index contributed by atoms with van der Waals surface area (Å²) in [5.41, 5.74) is 7.91. The molecule has 2 atom stereocenters. The van der Waals surface area contributed by atoms with Gasteiger partial charge in [-0.1, -0.05) is 48.6 Å². The monoisotopic (exact) mass is 237 g/mol. The van der Waals surface area contributed by atoms with E-state index in [4.69, 9.17) is 11.0 Å². The quantitative estimate of drug-likeness (QED) is 0.820. The van der Waals surface area contributed by atoms with Crippen molar-refractivity contribution in [2.45, 2.75) is 12.6 Å². The highest BCUT2D eigenvalue weighted by Crippen LogP contribution is 2.18. The van der Waals surface area contributed by atoms with Gasteiger partial charge >= 0.3 is 0 Å². The van der Waals surface area contributed by atoms with Crippen molar-refractivity contribution in [1.82, 2.24) is 0 Å². The van der Waals surface area contributed by atoms with Crippen LogP contribution in [0.4, 0.5) is 0 Å². The van der Waals surface area contributed by atoms with Gasteiger partial charge in [0, 0.05) is 6.21 Å². The van der Waals surface area contributed by atoms with Gasteiger partial charge in [-0.15, -0.1) is 0 Å². The first kappa shape index (κ1) is 12.3. The Hall–Kier alpha value is -2.18. The zero-order chi connectivity index (χ0) is 12.8. The first-order valence-electron chi connectivity index (χ1n) is 5.91. The molecule has 3 heteroatoms. The molecule has 0 aliphatic heterocycles. The summed E-state index contributed by atoms with van der Waals surface area (Å²) in [6.07, 6.45) is 7.93. The van der Waals surface area contributed by atoms with E-state index in [1.165, 1.54) is 0 Å². The Morgan fingerprint density at radius 2 is 2.17 bits per heavy atom. The Morgan fingerprint density at radius 3 is 2.89 bits per heavy atom. The molecule has 2 N–H and O–H groups in total. The summed E-state index contributed by atoms with van der Waals surface area (Å²) in [5.74, 6) is -0.0806. The van der Waals surface area contributed by atoms with Gasteiger partial charge in [0.05, 0.1) is 12.0 Å². The Morgan fingerprint density at radius 1 is 1.39 bits per heavy atom. The molecule has 0 radical (unpaired) electrons. The molecule has 0 bridgehead atoms. The van der Waals surface area contributed by atoms with Gasteiger partial charge in [0.1, 0.15) is 6.17 Å². The van der Waals surface area contributed by atoms with Crippen LogP contribution in [0.3, 0.4) is 0 Å². The molecule has 18 heavy (non-hydrogen) atoms. The molecular weight excluding hydrogens is 222 g/mol. The van der Waals surface area contributed by atoms with Crippen LogP contribution in [0.5, 0.6) is 0 Å². The summed E-state index contributed by atoms with van der Waals surface area (Å²) in [7, 11) is 0. The Labute approximate surface area is 107 Å². The summed E-state index contributed by atoms with van der Waals surface area (Å²) >= 11 is 0. The standard InChI is InChI=1S/C15H15N3/c16-10-13-7-4-8-14(9-13)15(17)18-11-12-5-2-1-3-6-12/h1-6,8-9,11,13,15H,7,17H2/b18-11+. The highest BCUT2D eigenvalue weighted by atomic mass is 14.9. The maximum Gasteiger partial charge on any atom is 0.122 e. The number of nitriles is 1. The van der Waals surface area contributed by atoms with Gasteiger partial charge in [0.2, 0.25) is 0 Å². The lowest BCUT2D eigenvalue weighted by Crippen LogP contribution is -2.21. The molecule has 0 spiro atoms. The largest absolute Gasteiger partial charge is 0.306 e. The number of aliphatic imine (C=N–C) groups is 1. The maximum absolute atomic E-state index is 8.89. The Bertz CT molecular complexity index is 520. The fourth-order valence-corrected chi connectivity index (χ4v) is 1.79. The highest BCUT2D eigenvalue weighted by Gasteiger charge is 2.12. The maximum atomic E-state index is 8.89. The summed E-state index contributed by atoms with van der Waals surface area (Å²) in [6, 6.07) is 12.0. The van der Waals surface area contributed by atoms with E-state index < -0.39 is 6.17 Å². The second kappa shape index (κ2) is 5.95. The van der Waals surface area contributed by atoms with Crippen molar-refractivity contribution < 1.29 is 0 Å². The molecule has 1 aromatic carbocycles. The molecule has 1 aromatic rings. The first-order valence-corrected chi connectivity index (χ1v) is 5.91. The van der Waals surface area contributed by atoms with Crippen LogP contribution in [-0.2, 0) is 0 Å². The fraction of sp³-hybridized carbons (Fsp3) is 0.200. The average molecular weight is 237 g/mol. The van der Waals surface area contributed by atoms with Crippen LogP contribution in [0, 0.1) is 17.2 Å². The van der Waals surface area contributed by atoms with Crippen molar-refractivity contribution in [1.29, 1.82) is 5.26 Å². The fourth-order valence-electron chi connectivity index (χ4n) is 1.79. The minimum absolute atomic E-state index is 0.0806. The van der Waals surface area contributed by atoms with Crippen LogP contribution in [0.15, 0.2) is 59.1 Å². The van der Waals surface area contributed by atoms with E-state index in [-0.39, 0.29) is 5.92 Å². The molecule has 2 rings (SSSR count). The summed E-state index contributed by atoms with van der Waals surface area (Å²) in [6.45, 7) is 0. The second-order valence-corrected chi connectivity index (χ2v) is 4.17. The van der Waals surface area contributed by atoms with Crippen LogP contribution in [-0.4, -0.2) is 12.4 Å². The normalized spacial score (nSPS) is 20.4. The van der Waals surface area contributed by atoms with Crippen LogP contribution in [0.25, 0.3) is 0 Å². The predicted octanol–water partition coefficient (Wildman–Crippen LogP) is 2.42. The van der Waals surface area contributed by atoms with Crippen molar-refractivity contribution in [3.05, 3.63) is 59.7 Å². The third-order valence-electron chi connectivity index (χ3n) is 2.79. The van der Waals surface area contributed by atoms with Crippen LogP contribution in [0.2, 0.25) is 0 Å². The predicted molar refractivity (Wildman–Crippen MR) is 73.0 cm³/mol. The van der Waals surface area contributed by atoms with Gasteiger partial charge in [0.15, 0.2) is 0 Å². The molecule has 90 valence electrons. The molecular formula is C15H15N3. The second-order valence-electron chi connectivity index (χ2n) is 4.17. The Balaban J connectivity index is 2.07. The molecule has 0 fully saturated rings. The minimum Gasteiger partial charge on any atom is -0.306 e. The number of hydrogen-bond donors (Lipinski definition) is 1. The van der Waals surface area contributed by atoms with Crippen molar-refractivity contribution in [2.75, 3.05) is 0 Å². The molecule has 0 amide bonds. The first-order chi connectivity index (χ1) is 8.79. The van der Waals surface area contributed by atoms with Gasteiger partial charge < -0.3 is 5.73 Å². The van der Waals surface area contributed by atoms with Gasteiger partial charge in [-0.3, -0.25) is 4.99 Å². The molecule has 0 aromatic heterocycles. The molecule has 2 unspecified atom stereocenters. The average Bonchev–Trinajstić information content (AvgIpc) is 2.46. The summed E-state index contributed by atoms with van der Waals surface area (Å²) in [4.78, 5) is 4.31. The molecule has 0 heterocycles. The SMILES string of the molecule is N#CC1C=C(C(N)/N=C/c2ccccc2)C=CC1. The summed E-state index contributed by atoms with van der Waals surface area (Å²) in [5, 5.41) is 8.89. The smallest absolute Gasteiger partial charge is 0.122 e. The minimum atomic E-state index is -0.405. The van der Waals surface area contributed by atoms with E-state index in [0.29, 0.717) is 0 Å². The lowest BCUT2D eigenvalue weighted by molar-refractivity contribution is 0.772. The summed E-state index contributed by atoms with van der Waals surface area (Å²) < 4.78 is 0. The Kier molecular flexibility index (Phi) is 4.06. The van der Waals surface area contributed by atoms with E-state index >= 15 is 0 Å². The number of benzene rings is 1. The van der Waals surface area contributed by atoms with Crippen molar-refractivity contribution >= 4 is 6.21 Å². The van der Waals surface area contributed by atoms with Gasteiger partial charge in [-0.25, -0.2) is 0 Å². The van der Waals surface area contributed by atoms with E-state index in [0.717, 1.165) is 17.6 Å². The molecule has 3 nitrogen and oxygen atoms in total. The number of rotatable bonds is 3. The number of nitrogens with two attached hydrogens (primary N) is 1. The van der Waals surface area contributed by atoms with E-state index in [1.807, 2.05) is 48.6 Å². The molecule has 0 saturated carbocycles. The van der Waals surface area contributed by atoms with Gasteiger partial charge in [-0.05, 0) is 17.6 Å². The van der Waals surface area contributed by atoms with Crippen LogP contribution < -0.4 is 5.73 Å². The molecule has 0 saturated heterocycles. The van der Waals surface area contributed by atoms with Crippen molar-refractivity contribution in [2.24, 2.45) is 16.6 Å². The lowest BCUT2D eigenvalue weighted by atomic mass is 9.96. The third kappa shape index (κ3) is 3.16. The third-order valence-corrected chi connectivity index (χ3v) is 2.79. The highest BCUT2D eigenvalue weighted by molar-refractivity contribution is 5.79. The number of hydrogen-bond acceptors (Lipinski definition) is 3. The van der Waals surface area contributed by atoms with E-state index in [2.05, 4.69) is 11.1 Å². The van der Waals surface area contributed by atoms with Crippen molar-refractivity contribution in [3.63, 3.8) is 0 Å². The van der Waals surface area contributed by atoms with E-state index in [9.17, 15) is 0 Å². The van der Waals surface area contributed by atoms with Gasteiger partial charge in [0.25, 0.3) is 0 Å². The van der Waals surface area contributed by atoms with Crippen LogP contribution in [0.1, 0.15) is 12.0 Å². The van der Waals surface area contributed by atoms with E-state index in [1.54, 1.807) is 6.21 Å². The van der Waals surface area contributed by atoms with Gasteiger partial charge in [-0.2, -0.15) is 5.26 Å². The van der Waals surface area contributed by atoms with Crippen LogP contribution >= 0.6 is 0 Å².